The molecule has 0 bridgehead atoms. The minimum absolute atomic E-state index is 0.256. The van der Waals surface area contributed by atoms with Crippen LogP contribution in [0.25, 0.3) is 0 Å². The molecule has 0 aromatic carbocycles. The van der Waals surface area contributed by atoms with E-state index in [9.17, 15) is 4.79 Å². The van der Waals surface area contributed by atoms with Crippen molar-refractivity contribution in [1.82, 2.24) is 0 Å². The molecule has 0 N–H and O–H groups in total. The van der Waals surface area contributed by atoms with Gasteiger partial charge in [0, 0.05) is 0 Å². The molecule has 0 aromatic rings. The average Bonchev–Trinajstić information content (AvgIpc) is 2.25. The first kappa shape index (κ1) is 14.7. The van der Waals surface area contributed by atoms with Gasteiger partial charge in [0.25, 0.3) is 0 Å². The molecule has 0 radical (unpaired) electrons. The van der Waals surface area contributed by atoms with Crippen LogP contribution in [0, 0.1) is 5.92 Å². The number of hydrogen-bond acceptors (Lipinski definition) is 1. The standard InChI is InChI=1S/C12H15O.3CH3.Sn/c1-3-5-6-11-7-8-12(13)9-10(11)4-2;;;;/h4-5,9,11H,2,6-8H2,1H3;3*1H3;. The van der Waals surface area contributed by atoms with Crippen LogP contribution in [-0.2, 0) is 4.79 Å². The van der Waals surface area contributed by atoms with E-state index in [-0.39, 0.29) is 5.78 Å². The van der Waals surface area contributed by atoms with Crippen molar-refractivity contribution in [1.29, 1.82) is 0 Å². The molecule has 0 saturated heterocycles. The molecule has 0 saturated carbocycles. The zero-order valence-electron chi connectivity index (χ0n) is 11.5. The van der Waals surface area contributed by atoms with Gasteiger partial charge in [-0.2, -0.15) is 0 Å². The second-order valence-corrected chi connectivity index (χ2v) is 21.0. The zero-order valence-corrected chi connectivity index (χ0v) is 14.4. The van der Waals surface area contributed by atoms with Gasteiger partial charge in [-0.25, -0.2) is 0 Å². The van der Waals surface area contributed by atoms with Crippen molar-refractivity contribution in [2.24, 2.45) is 5.92 Å². The van der Waals surface area contributed by atoms with Crippen LogP contribution in [0.1, 0.15) is 26.2 Å². The Kier molecular flexibility index (Phi) is 5.23. The Bertz CT molecular complexity index is 369. The van der Waals surface area contributed by atoms with Crippen LogP contribution in [0.4, 0.5) is 0 Å². The predicted molar refractivity (Wildman–Crippen MR) is 77.7 cm³/mol. The molecule has 94 valence electrons. The van der Waals surface area contributed by atoms with Gasteiger partial charge in [-0.05, 0) is 0 Å². The molecule has 0 aliphatic heterocycles. The van der Waals surface area contributed by atoms with Gasteiger partial charge in [-0.1, -0.05) is 0 Å². The van der Waals surface area contributed by atoms with E-state index < -0.39 is 18.4 Å². The number of ketones is 1. The number of carbonyl (C=O) groups excluding carboxylic acids is 1. The zero-order chi connectivity index (χ0) is 13.1. The van der Waals surface area contributed by atoms with E-state index in [1.165, 1.54) is 0 Å². The average molecular weight is 339 g/mol. The molecular formula is C15H24OSn. The van der Waals surface area contributed by atoms with Crippen molar-refractivity contribution < 1.29 is 4.79 Å². The van der Waals surface area contributed by atoms with Crippen LogP contribution in [0.15, 0.2) is 34.0 Å². The summed E-state index contributed by atoms with van der Waals surface area (Å²) in [6.45, 7) is 6.10. The fraction of sp³-hybridized carbons (Fsp3) is 0.533. The first-order valence-corrected chi connectivity index (χ1v) is 16.4. The summed E-state index contributed by atoms with van der Waals surface area (Å²) in [4.78, 5) is 18.7. The Morgan fingerprint density at radius 2 is 2.18 bits per heavy atom. The van der Waals surface area contributed by atoms with Crippen molar-refractivity contribution in [2.75, 3.05) is 0 Å². The van der Waals surface area contributed by atoms with E-state index in [2.05, 4.69) is 34.4 Å². The molecule has 0 amide bonds. The Hall–Kier alpha value is -0.311. The number of allylic oxidation sites excluding steroid dienone is 5. The van der Waals surface area contributed by atoms with Crippen molar-refractivity contribution in [3.8, 4) is 0 Å². The van der Waals surface area contributed by atoms with Gasteiger partial charge >= 0.3 is 110 Å². The van der Waals surface area contributed by atoms with Crippen LogP contribution in [0.5, 0.6) is 0 Å². The minimum atomic E-state index is -1.85. The van der Waals surface area contributed by atoms with Crippen molar-refractivity contribution in [2.45, 2.75) is 41.0 Å². The van der Waals surface area contributed by atoms with E-state index in [1.807, 2.05) is 6.08 Å². The van der Waals surface area contributed by atoms with Gasteiger partial charge in [0.1, 0.15) is 0 Å². The number of hydrogen-bond donors (Lipinski definition) is 0. The normalized spacial score (nSPS) is 22.4. The molecule has 1 unspecified atom stereocenters. The van der Waals surface area contributed by atoms with E-state index in [0.717, 1.165) is 18.4 Å². The summed E-state index contributed by atoms with van der Waals surface area (Å²) >= 11 is -1.85. The molecule has 1 rings (SSSR count). The molecule has 1 aliphatic rings. The SMILES string of the molecule is C=CC1=CC(=O)CCC1C/C=[C](\C)[Sn]([CH3])([CH3])[CH3]. The Labute approximate surface area is 110 Å². The Balaban J connectivity index is 2.73. The topological polar surface area (TPSA) is 17.1 Å². The second kappa shape index (κ2) is 6.03. The molecule has 1 aliphatic carbocycles. The van der Waals surface area contributed by atoms with Gasteiger partial charge in [-0.15, -0.1) is 0 Å². The monoisotopic (exact) mass is 340 g/mol. The number of carbonyl (C=O) groups is 1. The predicted octanol–water partition coefficient (Wildman–Crippen LogP) is 4.29. The van der Waals surface area contributed by atoms with E-state index >= 15 is 0 Å². The van der Waals surface area contributed by atoms with Crippen molar-refractivity contribution in [3.05, 3.63) is 34.0 Å². The molecule has 0 heterocycles. The fourth-order valence-corrected chi connectivity index (χ4v) is 4.05. The molecule has 0 aromatic heterocycles. The summed E-state index contributed by atoms with van der Waals surface area (Å²) in [5.41, 5.74) is 1.13. The summed E-state index contributed by atoms with van der Waals surface area (Å²) in [7, 11) is 0. The molecule has 0 fully saturated rings. The second-order valence-electron chi connectivity index (χ2n) is 5.92. The van der Waals surface area contributed by atoms with Crippen LogP contribution in [-0.4, -0.2) is 24.2 Å². The first-order valence-electron chi connectivity index (χ1n) is 6.38. The van der Waals surface area contributed by atoms with Crippen molar-refractivity contribution >= 4 is 24.2 Å². The summed E-state index contributed by atoms with van der Waals surface area (Å²) in [6, 6.07) is 0. The Morgan fingerprint density at radius 1 is 1.53 bits per heavy atom. The third-order valence-corrected chi connectivity index (χ3v) is 11.0. The molecule has 2 heteroatoms. The quantitative estimate of drug-likeness (QED) is 0.699. The van der Waals surface area contributed by atoms with Gasteiger partial charge in [-0.3, -0.25) is 0 Å². The van der Waals surface area contributed by atoms with Crippen LogP contribution < -0.4 is 0 Å². The van der Waals surface area contributed by atoms with Crippen LogP contribution in [0.3, 0.4) is 0 Å². The van der Waals surface area contributed by atoms with Gasteiger partial charge < -0.3 is 0 Å². The molecular weight excluding hydrogens is 315 g/mol. The first-order chi connectivity index (χ1) is 7.84. The maximum absolute atomic E-state index is 11.3. The summed E-state index contributed by atoms with van der Waals surface area (Å²) in [5, 5.41) is 0. The van der Waals surface area contributed by atoms with E-state index in [0.29, 0.717) is 12.3 Å². The fourth-order valence-electron chi connectivity index (χ4n) is 1.96. The molecule has 17 heavy (non-hydrogen) atoms. The molecule has 0 spiro atoms. The van der Waals surface area contributed by atoms with Crippen LogP contribution in [0.2, 0.25) is 14.8 Å². The third-order valence-electron chi connectivity index (χ3n) is 3.67. The van der Waals surface area contributed by atoms with Gasteiger partial charge in [0.05, 0.1) is 0 Å². The third kappa shape index (κ3) is 4.45. The van der Waals surface area contributed by atoms with E-state index in [4.69, 9.17) is 0 Å². The maximum atomic E-state index is 11.3. The van der Waals surface area contributed by atoms with Crippen molar-refractivity contribution in [3.63, 3.8) is 0 Å². The van der Waals surface area contributed by atoms with Gasteiger partial charge in [0.2, 0.25) is 0 Å². The Morgan fingerprint density at radius 3 is 2.71 bits per heavy atom. The van der Waals surface area contributed by atoms with E-state index in [1.54, 1.807) is 9.67 Å². The summed E-state index contributed by atoms with van der Waals surface area (Å²) < 4.78 is 1.62. The van der Waals surface area contributed by atoms with Crippen LogP contribution >= 0.6 is 0 Å². The summed E-state index contributed by atoms with van der Waals surface area (Å²) in [6.07, 6.45) is 8.81. The molecule has 1 nitrogen and oxygen atoms in total. The van der Waals surface area contributed by atoms with Gasteiger partial charge in [0.15, 0.2) is 0 Å². The number of rotatable bonds is 4. The summed E-state index contributed by atoms with van der Waals surface area (Å²) in [5.74, 6) is 0.764. The molecule has 1 atom stereocenters.